The minimum atomic E-state index is -2.58. The van der Waals surface area contributed by atoms with Crippen molar-refractivity contribution >= 4 is 5.78 Å². The first-order chi connectivity index (χ1) is 10.2. The fourth-order valence-corrected chi connectivity index (χ4v) is 3.15. The highest BCUT2D eigenvalue weighted by molar-refractivity contribution is 5.37. The lowest BCUT2D eigenvalue weighted by molar-refractivity contribution is -0.114. The number of aromatic nitrogens is 4. The van der Waals surface area contributed by atoms with E-state index < -0.39 is 5.92 Å². The molecule has 0 amide bonds. The number of rotatable bonds is 3. The maximum Gasteiger partial charge on any atom is 0.351 e. The Balaban J connectivity index is 2.02. The average molecular weight is 310 g/mol. The van der Waals surface area contributed by atoms with E-state index in [0.717, 1.165) is 17.0 Å². The summed E-state index contributed by atoms with van der Waals surface area (Å²) in [7, 11) is 0. The van der Waals surface area contributed by atoms with E-state index in [4.69, 9.17) is 0 Å². The first kappa shape index (κ1) is 15.1. The van der Waals surface area contributed by atoms with E-state index in [-0.39, 0.29) is 36.9 Å². The van der Waals surface area contributed by atoms with Gasteiger partial charge < -0.3 is 0 Å². The Labute approximate surface area is 127 Å². The Morgan fingerprint density at radius 2 is 1.95 bits per heavy atom. The fraction of sp³-hybridized carbons (Fsp3) is 0.667. The van der Waals surface area contributed by atoms with Crippen LogP contribution in [0.5, 0.6) is 0 Å². The van der Waals surface area contributed by atoms with Gasteiger partial charge in [-0.2, -0.15) is 0 Å². The van der Waals surface area contributed by atoms with Crippen LogP contribution in [0.25, 0.3) is 5.78 Å². The smallest absolute Gasteiger partial charge is 0.246 e. The number of hydrogen-bond donors (Lipinski definition) is 0. The highest BCUT2D eigenvalue weighted by Gasteiger charge is 2.45. The van der Waals surface area contributed by atoms with Gasteiger partial charge >= 0.3 is 5.69 Å². The summed E-state index contributed by atoms with van der Waals surface area (Å²) in [6.07, 6.45) is -0.341. The molecule has 1 fully saturated rings. The number of fused-ring (bicyclic) bond motifs is 1. The zero-order chi connectivity index (χ0) is 16.2. The summed E-state index contributed by atoms with van der Waals surface area (Å²) < 4.78 is 28.6. The molecule has 0 N–H and O–H groups in total. The quantitative estimate of drug-likeness (QED) is 0.876. The molecule has 0 unspecified atom stereocenters. The molecule has 120 valence electrons. The van der Waals surface area contributed by atoms with Gasteiger partial charge in [-0.05, 0) is 31.2 Å². The predicted octanol–water partition coefficient (Wildman–Crippen LogP) is 2.68. The molecule has 1 aliphatic carbocycles. The van der Waals surface area contributed by atoms with E-state index in [1.54, 1.807) is 0 Å². The standard InChI is InChI=1S/C15H20F2N4O/c1-8(2)12-9(3)10(4)21-13(18-12)19-20(14(21)22)7-11-5-15(16,17)6-11/h8,11H,5-7H2,1-4H3. The van der Waals surface area contributed by atoms with Crippen molar-refractivity contribution < 1.29 is 8.78 Å². The third-order valence-electron chi connectivity index (χ3n) is 4.46. The van der Waals surface area contributed by atoms with Gasteiger partial charge in [-0.1, -0.05) is 13.8 Å². The molecule has 22 heavy (non-hydrogen) atoms. The van der Waals surface area contributed by atoms with E-state index in [0.29, 0.717) is 5.78 Å². The molecule has 0 aromatic carbocycles. The van der Waals surface area contributed by atoms with Crippen LogP contribution in [0.4, 0.5) is 8.78 Å². The van der Waals surface area contributed by atoms with Crippen LogP contribution in [0.2, 0.25) is 0 Å². The number of alkyl halides is 2. The Morgan fingerprint density at radius 1 is 1.32 bits per heavy atom. The first-order valence-corrected chi connectivity index (χ1v) is 7.54. The maximum atomic E-state index is 12.9. The van der Waals surface area contributed by atoms with E-state index in [1.807, 2.05) is 27.7 Å². The molecule has 5 nitrogen and oxygen atoms in total. The van der Waals surface area contributed by atoms with Gasteiger partial charge in [0.1, 0.15) is 0 Å². The second-order valence-corrected chi connectivity index (χ2v) is 6.59. The first-order valence-electron chi connectivity index (χ1n) is 7.54. The molecule has 0 radical (unpaired) electrons. The summed E-state index contributed by atoms with van der Waals surface area (Å²) >= 11 is 0. The number of aryl methyl sites for hydroxylation is 1. The third kappa shape index (κ3) is 2.32. The predicted molar refractivity (Wildman–Crippen MR) is 78.5 cm³/mol. The van der Waals surface area contributed by atoms with Crippen molar-refractivity contribution in [3.05, 3.63) is 27.4 Å². The second-order valence-electron chi connectivity index (χ2n) is 6.59. The van der Waals surface area contributed by atoms with Crippen LogP contribution >= 0.6 is 0 Å². The van der Waals surface area contributed by atoms with Gasteiger partial charge in [0.15, 0.2) is 0 Å². The molecule has 1 saturated carbocycles. The number of nitrogens with zero attached hydrogens (tertiary/aromatic N) is 4. The summed E-state index contributed by atoms with van der Waals surface area (Å²) in [4.78, 5) is 16.9. The van der Waals surface area contributed by atoms with Crippen LogP contribution in [-0.4, -0.2) is 25.1 Å². The Hall–Kier alpha value is -1.79. The van der Waals surface area contributed by atoms with Crippen molar-refractivity contribution in [1.29, 1.82) is 0 Å². The van der Waals surface area contributed by atoms with E-state index in [9.17, 15) is 13.6 Å². The zero-order valence-electron chi connectivity index (χ0n) is 13.2. The minimum absolute atomic E-state index is 0.171. The molecule has 7 heteroatoms. The van der Waals surface area contributed by atoms with Gasteiger partial charge in [0.05, 0.1) is 5.69 Å². The number of halogens is 2. The molecule has 0 aliphatic heterocycles. The summed E-state index contributed by atoms with van der Waals surface area (Å²) in [5.41, 5.74) is 2.40. The van der Waals surface area contributed by atoms with Crippen molar-refractivity contribution in [2.24, 2.45) is 5.92 Å². The van der Waals surface area contributed by atoms with Crippen LogP contribution in [0, 0.1) is 19.8 Å². The largest absolute Gasteiger partial charge is 0.351 e. The lowest BCUT2D eigenvalue weighted by Crippen LogP contribution is -2.39. The average Bonchev–Trinajstić information content (AvgIpc) is 2.68. The van der Waals surface area contributed by atoms with Gasteiger partial charge in [-0.3, -0.25) is 0 Å². The Morgan fingerprint density at radius 3 is 2.50 bits per heavy atom. The monoisotopic (exact) mass is 310 g/mol. The van der Waals surface area contributed by atoms with Crippen LogP contribution in [0.3, 0.4) is 0 Å². The van der Waals surface area contributed by atoms with Crippen LogP contribution in [0.1, 0.15) is 49.6 Å². The molecular formula is C15H20F2N4O. The maximum absolute atomic E-state index is 12.9. The van der Waals surface area contributed by atoms with Crippen molar-refractivity contribution in [2.45, 2.75) is 58.9 Å². The summed E-state index contributed by atoms with van der Waals surface area (Å²) in [5.74, 6) is -2.19. The third-order valence-corrected chi connectivity index (χ3v) is 4.46. The summed E-state index contributed by atoms with van der Waals surface area (Å²) in [6, 6.07) is 0. The van der Waals surface area contributed by atoms with Crippen molar-refractivity contribution in [3.8, 4) is 0 Å². The SMILES string of the molecule is Cc1c(C(C)C)nc2nn(CC3CC(F)(F)C3)c(=O)n2c1C. The second kappa shape index (κ2) is 4.86. The van der Waals surface area contributed by atoms with Crippen molar-refractivity contribution in [3.63, 3.8) is 0 Å². The molecule has 1 aliphatic rings. The fourth-order valence-electron chi connectivity index (χ4n) is 3.15. The van der Waals surface area contributed by atoms with Crippen molar-refractivity contribution in [1.82, 2.24) is 19.2 Å². The molecule has 0 bridgehead atoms. The summed E-state index contributed by atoms with van der Waals surface area (Å²) in [6.45, 7) is 8.11. The van der Waals surface area contributed by atoms with E-state index >= 15 is 0 Å². The van der Waals surface area contributed by atoms with Gasteiger partial charge in [0, 0.05) is 25.1 Å². The topological polar surface area (TPSA) is 52.2 Å². The van der Waals surface area contributed by atoms with Gasteiger partial charge in [-0.25, -0.2) is 27.6 Å². The van der Waals surface area contributed by atoms with E-state index in [2.05, 4.69) is 10.1 Å². The minimum Gasteiger partial charge on any atom is -0.246 e. The van der Waals surface area contributed by atoms with Crippen LogP contribution in [-0.2, 0) is 6.54 Å². The van der Waals surface area contributed by atoms with E-state index in [1.165, 1.54) is 9.08 Å². The van der Waals surface area contributed by atoms with Gasteiger partial charge in [0.2, 0.25) is 5.92 Å². The molecule has 2 aromatic heterocycles. The van der Waals surface area contributed by atoms with Crippen LogP contribution in [0.15, 0.2) is 4.79 Å². The highest BCUT2D eigenvalue weighted by atomic mass is 19.3. The molecule has 2 aromatic rings. The van der Waals surface area contributed by atoms with Crippen molar-refractivity contribution in [2.75, 3.05) is 0 Å². The molecule has 0 saturated heterocycles. The highest BCUT2D eigenvalue weighted by Crippen LogP contribution is 2.42. The zero-order valence-corrected chi connectivity index (χ0v) is 13.2. The summed E-state index contributed by atoms with van der Waals surface area (Å²) in [5, 5.41) is 4.24. The molecule has 3 rings (SSSR count). The van der Waals surface area contributed by atoms with Gasteiger partial charge in [0.25, 0.3) is 5.78 Å². The Kier molecular flexibility index (Phi) is 3.34. The number of hydrogen-bond acceptors (Lipinski definition) is 3. The lowest BCUT2D eigenvalue weighted by Gasteiger charge is -2.34. The normalized spacial score (nSPS) is 18.1. The molecule has 0 atom stereocenters. The Bertz CT molecular complexity index is 783. The lowest BCUT2D eigenvalue weighted by atomic mass is 9.81. The molecular weight excluding hydrogens is 290 g/mol. The molecule has 0 spiro atoms. The van der Waals surface area contributed by atoms with Crippen LogP contribution < -0.4 is 5.69 Å². The van der Waals surface area contributed by atoms with Gasteiger partial charge in [-0.15, -0.1) is 5.10 Å². The molecule has 2 heterocycles.